The minimum Gasteiger partial charge on any atom is -0.268 e. The van der Waals surface area contributed by atoms with E-state index < -0.39 is 34.6 Å². The molecule has 8 heteroatoms. The van der Waals surface area contributed by atoms with Gasteiger partial charge in [0.05, 0.1) is 11.1 Å². The van der Waals surface area contributed by atoms with Crippen LogP contribution >= 0.6 is 23.5 Å². The van der Waals surface area contributed by atoms with Gasteiger partial charge >= 0.3 is 5.25 Å². The number of rotatable bonds is 3. The molecule has 0 spiro atoms. The van der Waals surface area contributed by atoms with Crippen molar-refractivity contribution in [2.75, 3.05) is 0 Å². The first-order valence-electron chi connectivity index (χ1n) is 4.67. The molecule has 0 saturated carbocycles. The first kappa shape index (κ1) is 13.2. The standard InChI is InChI=1S/C10H5ClF3NO2S/c11-9(12)10(13,14)18-15-7(16)5-3-1-2-4-6(5)8(15)17/h1-4,9H. The van der Waals surface area contributed by atoms with E-state index in [0.29, 0.717) is 0 Å². The zero-order valence-electron chi connectivity index (χ0n) is 8.57. The lowest BCUT2D eigenvalue weighted by atomic mass is 10.1. The van der Waals surface area contributed by atoms with Gasteiger partial charge in [-0.05, 0) is 12.1 Å². The summed E-state index contributed by atoms with van der Waals surface area (Å²) in [5.74, 6) is -1.81. The Kier molecular flexibility index (Phi) is 3.29. The molecule has 1 atom stereocenters. The van der Waals surface area contributed by atoms with Gasteiger partial charge in [0.25, 0.3) is 11.8 Å². The molecule has 1 aliphatic rings. The van der Waals surface area contributed by atoms with Gasteiger partial charge in [0, 0.05) is 11.9 Å². The second-order valence-electron chi connectivity index (χ2n) is 3.40. The Hall–Kier alpha value is -1.21. The smallest absolute Gasteiger partial charge is 0.268 e. The average Bonchev–Trinajstić information content (AvgIpc) is 2.55. The number of benzene rings is 1. The van der Waals surface area contributed by atoms with Crippen LogP contribution in [-0.4, -0.2) is 27.0 Å². The maximum absolute atomic E-state index is 13.1. The van der Waals surface area contributed by atoms with Gasteiger partial charge in [0.1, 0.15) is 0 Å². The highest BCUT2D eigenvalue weighted by Crippen LogP contribution is 2.42. The number of hydrogen-bond donors (Lipinski definition) is 0. The number of carbonyl (C=O) groups is 2. The Balaban J connectivity index is 2.30. The summed E-state index contributed by atoms with van der Waals surface area (Å²) >= 11 is 4.15. The number of carbonyl (C=O) groups excluding carboxylic acids is 2. The number of fused-ring (bicyclic) bond motifs is 1. The van der Waals surface area contributed by atoms with Crippen LogP contribution in [0.1, 0.15) is 20.7 Å². The molecule has 0 fully saturated rings. The number of hydrogen-bond acceptors (Lipinski definition) is 3. The molecule has 2 rings (SSSR count). The largest absolute Gasteiger partial charge is 0.356 e. The van der Waals surface area contributed by atoms with E-state index in [1.165, 1.54) is 24.3 Å². The predicted octanol–water partition coefficient (Wildman–Crippen LogP) is 3.06. The van der Waals surface area contributed by atoms with Crippen molar-refractivity contribution in [1.29, 1.82) is 0 Å². The maximum atomic E-state index is 13.1. The maximum Gasteiger partial charge on any atom is 0.356 e. The van der Waals surface area contributed by atoms with E-state index in [4.69, 9.17) is 0 Å². The SMILES string of the molecule is O=C1c2ccccc2C(=O)N1SC(F)(F)C(F)Cl. The topological polar surface area (TPSA) is 37.4 Å². The Morgan fingerprint density at radius 2 is 1.61 bits per heavy atom. The second kappa shape index (κ2) is 4.47. The Morgan fingerprint density at radius 3 is 2.00 bits per heavy atom. The molecule has 1 aromatic carbocycles. The van der Waals surface area contributed by atoms with Crippen molar-refractivity contribution in [2.45, 2.75) is 10.9 Å². The lowest BCUT2D eigenvalue weighted by Gasteiger charge is -2.20. The van der Waals surface area contributed by atoms with Crippen LogP contribution in [0.2, 0.25) is 0 Å². The van der Waals surface area contributed by atoms with E-state index in [1.54, 1.807) is 0 Å². The highest BCUT2D eigenvalue weighted by molar-refractivity contribution is 7.99. The third kappa shape index (κ3) is 2.08. The van der Waals surface area contributed by atoms with Crippen molar-refractivity contribution >= 4 is 35.4 Å². The molecule has 18 heavy (non-hydrogen) atoms. The van der Waals surface area contributed by atoms with Gasteiger partial charge in [-0.1, -0.05) is 23.7 Å². The molecule has 0 radical (unpaired) electrons. The third-order valence-corrected chi connectivity index (χ3v) is 3.59. The van der Waals surface area contributed by atoms with Gasteiger partial charge in [-0.15, -0.1) is 0 Å². The number of nitrogens with zero attached hydrogens (tertiary/aromatic N) is 1. The summed E-state index contributed by atoms with van der Waals surface area (Å²) in [4.78, 5) is 23.4. The van der Waals surface area contributed by atoms with E-state index >= 15 is 0 Å². The fourth-order valence-corrected chi connectivity index (χ4v) is 2.22. The van der Waals surface area contributed by atoms with E-state index in [9.17, 15) is 22.8 Å². The summed E-state index contributed by atoms with van der Waals surface area (Å²) in [6.45, 7) is 0. The third-order valence-electron chi connectivity index (χ3n) is 2.22. The zero-order chi connectivity index (χ0) is 13.5. The molecule has 0 bridgehead atoms. The number of imide groups is 1. The molecule has 3 nitrogen and oxygen atoms in total. The van der Waals surface area contributed by atoms with E-state index in [0.717, 1.165) is 0 Å². The molecule has 0 saturated heterocycles. The first-order valence-corrected chi connectivity index (χ1v) is 5.88. The summed E-state index contributed by atoms with van der Waals surface area (Å²) in [5.41, 5.74) is -2.97. The minimum absolute atomic E-state index is 0.00998. The average molecular weight is 296 g/mol. The molecule has 0 aliphatic carbocycles. The quantitative estimate of drug-likeness (QED) is 0.488. The van der Waals surface area contributed by atoms with Crippen LogP contribution in [0.3, 0.4) is 0 Å². The van der Waals surface area contributed by atoms with Crippen LogP contribution in [-0.2, 0) is 0 Å². The van der Waals surface area contributed by atoms with E-state index in [-0.39, 0.29) is 15.4 Å². The molecule has 96 valence electrons. The molecular weight excluding hydrogens is 291 g/mol. The summed E-state index contributed by atoms with van der Waals surface area (Å²) in [6.07, 6.45) is 0. The Morgan fingerprint density at radius 1 is 1.17 bits per heavy atom. The summed E-state index contributed by atoms with van der Waals surface area (Å²) in [6, 6.07) is 5.66. The Labute approximate surface area is 109 Å². The van der Waals surface area contributed by atoms with Crippen LogP contribution in [0.5, 0.6) is 0 Å². The number of halogens is 4. The molecule has 1 unspecified atom stereocenters. The lowest BCUT2D eigenvalue weighted by Crippen LogP contribution is -2.32. The van der Waals surface area contributed by atoms with E-state index in [2.05, 4.69) is 11.6 Å². The first-order chi connectivity index (χ1) is 8.34. The van der Waals surface area contributed by atoms with Gasteiger partial charge in [-0.3, -0.25) is 9.59 Å². The second-order valence-corrected chi connectivity index (χ2v) is 4.88. The number of alkyl halides is 4. The Bertz CT molecular complexity index is 489. The van der Waals surface area contributed by atoms with Crippen molar-refractivity contribution in [3.05, 3.63) is 35.4 Å². The van der Waals surface area contributed by atoms with Crippen molar-refractivity contribution in [1.82, 2.24) is 4.31 Å². The highest BCUT2D eigenvalue weighted by atomic mass is 35.5. The van der Waals surface area contributed by atoms with Gasteiger partial charge in [-0.2, -0.15) is 8.78 Å². The minimum atomic E-state index is -4.06. The molecule has 1 heterocycles. The molecule has 2 amide bonds. The number of amides is 2. The summed E-state index contributed by atoms with van der Waals surface area (Å²) in [7, 11) is 0. The normalized spacial score (nSPS) is 17.0. The van der Waals surface area contributed by atoms with Crippen molar-refractivity contribution < 1.29 is 22.8 Å². The summed E-state index contributed by atoms with van der Waals surface area (Å²) < 4.78 is 38.8. The van der Waals surface area contributed by atoms with E-state index in [1.807, 2.05) is 0 Å². The molecule has 1 aromatic rings. The predicted molar refractivity (Wildman–Crippen MR) is 60.2 cm³/mol. The van der Waals surface area contributed by atoms with Crippen LogP contribution in [0, 0.1) is 0 Å². The summed E-state index contributed by atoms with van der Waals surface area (Å²) in [5, 5.41) is -4.06. The fraction of sp³-hybridized carbons (Fsp3) is 0.200. The van der Waals surface area contributed by atoms with Gasteiger partial charge in [0.15, 0.2) is 0 Å². The lowest BCUT2D eigenvalue weighted by molar-refractivity contribution is 0.0473. The fourth-order valence-electron chi connectivity index (χ4n) is 1.41. The van der Waals surface area contributed by atoms with Crippen molar-refractivity contribution in [3.63, 3.8) is 0 Å². The molecule has 0 aromatic heterocycles. The van der Waals surface area contributed by atoms with Gasteiger partial charge < -0.3 is 0 Å². The molecule has 1 aliphatic heterocycles. The molecule has 0 N–H and O–H groups in total. The van der Waals surface area contributed by atoms with Crippen LogP contribution in [0.15, 0.2) is 24.3 Å². The van der Waals surface area contributed by atoms with Crippen LogP contribution < -0.4 is 0 Å². The highest BCUT2D eigenvalue weighted by Gasteiger charge is 2.48. The zero-order valence-corrected chi connectivity index (χ0v) is 10.1. The van der Waals surface area contributed by atoms with Gasteiger partial charge in [0.2, 0.25) is 5.63 Å². The van der Waals surface area contributed by atoms with Crippen LogP contribution in [0.25, 0.3) is 0 Å². The van der Waals surface area contributed by atoms with Crippen LogP contribution in [0.4, 0.5) is 13.2 Å². The van der Waals surface area contributed by atoms with Gasteiger partial charge in [-0.25, -0.2) is 8.70 Å². The van der Waals surface area contributed by atoms with Crippen molar-refractivity contribution in [2.24, 2.45) is 0 Å². The monoisotopic (exact) mass is 295 g/mol. The molecular formula is C10H5ClF3NO2S. The van der Waals surface area contributed by atoms with Crippen molar-refractivity contribution in [3.8, 4) is 0 Å².